The summed E-state index contributed by atoms with van der Waals surface area (Å²) in [6.07, 6.45) is -0.456. The van der Waals surface area contributed by atoms with Crippen LogP contribution < -0.4 is 5.32 Å². The van der Waals surface area contributed by atoms with Gasteiger partial charge in [0.15, 0.2) is 0 Å². The molecule has 0 unspecified atom stereocenters. The van der Waals surface area contributed by atoms with Gasteiger partial charge in [-0.3, -0.25) is 19.7 Å². The third-order valence-electron chi connectivity index (χ3n) is 3.38. The number of halogens is 1. The number of nitro groups is 1. The van der Waals surface area contributed by atoms with E-state index in [9.17, 15) is 19.7 Å². The number of carbonyl (C=O) groups excluding carboxylic acids is 2. The number of nitrogens with one attached hydrogen (secondary N) is 1. The Morgan fingerprint density at radius 3 is 2.56 bits per heavy atom. The quantitative estimate of drug-likeness (QED) is 0.483. The first kappa shape index (κ1) is 18.4. The fourth-order valence-corrected chi connectivity index (χ4v) is 2.27. The summed E-state index contributed by atoms with van der Waals surface area (Å²) >= 11 is 5.69. The maximum Gasteiger partial charge on any atom is 0.326 e. The monoisotopic (exact) mass is 362 g/mol. The van der Waals surface area contributed by atoms with Gasteiger partial charge in [-0.1, -0.05) is 41.9 Å². The lowest BCUT2D eigenvalue weighted by atomic mass is 10.1. The molecule has 0 heterocycles. The molecule has 2 aromatic rings. The summed E-state index contributed by atoms with van der Waals surface area (Å²) in [4.78, 5) is 34.0. The molecule has 1 atom stereocenters. The lowest BCUT2D eigenvalue weighted by molar-refractivity contribution is -0.384. The zero-order valence-corrected chi connectivity index (χ0v) is 14.0. The molecule has 0 aliphatic rings. The topological polar surface area (TPSA) is 98.5 Å². The number of hydrogen-bond donors (Lipinski definition) is 1. The molecule has 8 heteroatoms. The number of benzene rings is 2. The molecule has 0 aliphatic heterocycles. The van der Waals surface area contributed by atoms with Crippen molar-refractivity contribution in [2.75, 3.05) is 6.54 Å². The minimum absolute atomic E-state index is 0.0278. The van der Waals surface area contributed by atoms with Crippen molar-refractivity contribution in [1.82, 2.24) is 5.32 Å². The maximum absolute atomic E-state index is 12.0. The summed E-state index contributed by atoms with van der Waals surface area (Å²) in [6.45, 7) is 1.37. The summed E-state index contributed by atoms with van der Waals surface area (Å²) in [5.74, 6) is -1.25. The molecular weight excluding hydrogens is 348 g/mol. The van der Waals surface area contributed by atoms with Crippen LogP contribution in [0, 0.1) is 10.1 Å². The average Bonchev–Trinajstić information content (AvgIpc) is 2.60. The third kappa shape index (κ3) is 5.02. The van der Waals surface area contributed by atoms with Crippen LogP contribution in [0.15, 0.2) is 48.5 Å². The Morgan fingerprint density at radius 1 is 1.24 bits per heavy atom. The van der Waals surface area contributed by atoms with Crippen LogP contribution in [-0.4, -0.2) is 23.3 Å². The van der Waals surface area contributed by atoms with E-state index >= 15 is 0 Å². The molecular formula is C17H15ClN2O5. The number of amides is 1. The third-order valence-corrected chi connectivity index (χ3v) is 3.70. The predicted octanol–water partition coefficient (Wildman–Crippen LogP) is 3.28. The van der Waals surface area contributed by atoms with Gasteiger partial charge in [-0.05, 0) is 24.6 Å². The summed E-state index contributed by atoms with van der Waals surface area (Å²) in [5.41, 5.74) is 0.477. The second kappa shape index (κ2) is 8.25. The molecule has 0 spiro atoms. The zero-order chi connectivity index (χ0) is 18.4. The standard InChI is InChI=1S/C17H15ClN2O5/c1-11(12-5-3-2-4-6-12)25-16(21)10-19-17(22)13-7-8-14(18)15(9-13)20(23)24/h2-9,11H,10H2,1H3,(H,19,22)/t11-/m1/s1. The van der Waals surface area contributed by atoms with Gasteiger partial charge < -0.3 is 10.1 Å². The number of nitro benzene ring substituents is 1. The SMILES string of the molecule is C[C@@H](OC(=O)CNC(=O)c1ccc(Cl)c([N+](=O)[O-])c1)c1ccccc1. The molecule has 7 nitrogen and oxygen atoms in total. The maximum atomic E-state index is 12.0. The van der Waals surface area contributed by atoms with Crippen molar-refractivity contribution >= 4 is 29.2 Å². The Kier molecular flexibility index (Phi) is 6.08. The van der Waals surface area contributed by atoms with Crippen molar-refractivity contribution in [1.29, 1.82) is 0 Å². The molecule has 1 amide bonds. The van der Waals surface area contributed by atoms with Gasteiger partial charge in [0.2, 0.25) is 0 Å². The first-order chi connectivity index (χ1) is 11.9. The van der Waals surface area contributed by atoms with Crippen molar-refractivity contribution < 1.29 is 19.2 Å². The molecule has 0 saturated heterocycles. The van der Waals surface area contributed by atoms with Gasteiger partial charge in [-0.2, -0.15) is 0 Å². The van der Waals surface area contributed by atoms with Gasteiger partial charge in [-0.25, -0.2) is 0 Å². The zero-order valence-electron chi connectivity index (χ0n) is 13.3. The molecule has 0 bridgehead atoms. The van der Waals surface area contributed by atoms with Crippen LogP contribution in [-0.2, 0) is 9.53 Å². The van der Waals surface area contributed by atoms with Gasteiger partial charge in [0.25, 0.3) is 11.6 Å². The Balaban J connectivity index is 1.92. The number of nitrogens with zero attached hydrogens (tertiary/aromatic N) is 1. The Bertz CT molecular complexity index is 795. The van der Waals surface area contributed by atoms with Crippen molar-refractivity contribution in [3.63, 3.8) is 0 Å². The van der Waals surface area contributed by atoms with Gasteiger partial charge in [0.05, 0.1) is 4.92 Å². The van der Waals surface area contributed by atoms with E-state index in [1.165, 1.54) is 12.1 Å². The Labute approximate surface area is 148 Å². The molecule has 0 aliphatic carbocycles. The molecule has 2 rings (SSSR count). The van der Waals surface area contributed by atoms with Gasteiger partial charge in [0.1, 0.15) is 17.7 Å². The van der Waals surface area contributed by atoms with E-state index in [4.69, 9.17) is 16.3 Å². The van der Waals surface area contributed by atoms with E-state index in [1.54, 1.807) is 6.92 Å². The van der Waals surface area contributed by atoms with Gasteiger partial charge in [-0.15, -0.1) is 0 Å². The number of ether oxygens (including phenoxy) is 1. The largest absolute Gasteiger partial charge is 0.456 e. The molecule has 0 aromatic heterocycles. The highest BCUT2D eigenvalue weighted by Crippen LogP contribution is 2.25. The summed E-state index contributed by atoms with van der Waals surface area (Å²) in [6, 6.07) is 12.8. The molecule has 0 saturated carbocycles. The smallest absolute Gasteiger partial charge is 0.326 e. The van der Waals surface area contributed by atoms with E-state index in [0.29, 0.717) is 0 Å². The second-order valence-corrected chi connectivity index (χ2v) is 5.56. The van der Waals surface area contributed by atoms with E-state index in [1.807, 2.05) is 30.3 Å². The van der Waals surface area contributed by atoms with Crippen LogP contribution in [0.1, 0.15) is 28.9 Å². The van der Waals surface area contributed by atoms with Gasteiger partial charge in [0, 0.05) is 11.6 Å². The number of carbonyl (C=O) groups is 2. The van der Waals surface area contributed by atoms with E-state index in [2.05, 4.69) is 5.32 Å². The van der Waals surface area contributed by atoms with Crippen molar-refractivity contribution in [2.24, 2.45) is 0 Å². The van der Waals surface area contributed by atoms with Crippen LogP contribution in [0.5, 0.6) is 0 Å². The number of esters is 1. The van der Waals surface area contributed by atoms with Crippen molar-refractivity contribution in [3.8, 4) is 0 Å². The van der Waals surface area contributed by atoms with E-state index < -0.39 is 22.9 Å². The molecule has 2 aromatic carbocycles. The average molecular weight is 363 g/mol. The van der Waals surface area contributed by atoms with Gasteiger partial charge >= 0.3 is 5.97 Å². The number of rotatable bonds is 6. The first-order valence-electron chi connectivity index (χ1n) is 7.35. The normalized spacial score (nSPS) is 11.4. The lowest BCUT2D eigenvalue weighted by Gasteiger charge is -2.13. The van der Waals surface area contributed by atoms with Crippen LogP contribution in [0.3, 0.4) is 0 Å². The first-order valence-corrected chi connectivity index (χ1v) is 7.73. The molecule has 0 radical (unpaired) electrons. The molecule has 1 N–H and O–H groups in total. The van der Waals surface area contributed by atoms with Crippen molar-refractivity contribution in [3.05, 3.63) is 74.8 Å². The lowest BCUT2D eigenvalue weighted by Crippen LogP contribution is -2.31. The van der Waals surface area contributed by atoms with Crippen LogP contribution >= 0.6 is 11.6 Å². The minimum Gasteiger partial charge on any atom is -0.456 e. The van der Waals surface area contributed by atoms with E-state index in [-0.39, 0.29) is 22.8 Å². The summed E-state index contributed by atoms with van der Waals surface area (Å²) in [7, 11) is 0. The molecule has 0 fully saturated rings. The highest BCUT2D eigenvalue weighted by Gasteiger charge is 2.17. The molecule has 130 valence electrons. The Morgan fingerprint density at radius 2 is 1.92 bits per heavy atom. The molecule has 25 heavy (non-hydrogen) atoms. The highest BCUT2D eigenvalue weighted by atomic mass is 35.5. The fourth-order valence-electron chi connectivity index (χ4n) is 2.08. The van der Waals surface area contributed by atoms with Crippen LogP contribution in [0.2, 0.25) is 5.02 Å². The van der Waals surface area contributed by atoms with Crippen LogP contribution in [0.25, 0.3) is 0 Å². The fraction of sp³-hybridized carbons (Fsp3) is 0.176. The van der Waals surface area contributed by atoms with Crippen molar-refractivity contribution in [2.45, 2.75) is 13.0 Å². The predicted molar refractivity (Wildman–Crippen MR) is 91.4 cm³/mol. The van der Waals surface area contributed by atoms with Crippen LogP contribution in [0.4, 0.5) is 5.69 Å². The Hall–Kier alpha value is -2.93. The number of hydrogen-bond acceptors (Lipinski definition) is 5. The van der Waals surface area contributed by atoms with E-state index in [0.717, 1.165) is 11.6 Å². The second-order valence-electron chi connectivity index (χ2n) is 5.15. The summed E-state index contributed by atoms with van der Waals surface area (Å²) < 4.78 is 5.22. The summed E-state index contributed by atoms with van der Waals surface area (Å²) in [5, 5.41) is 13.1. The highest BCUT2D eigenvalue weighted by molar-refractivity contribution is 6.32. The minimum atomic E-state index is -0.686.